The predicted molar refractivity (Wildman–Crippen MR) is 115 cm³/mol. The number of carbonyl (C=O) groups excluding carboxylic acids is 1. The van der Waals surface area contributed by atoms with Crippen LogP contribution in [0.2, 0.25) is 0 Å². The number of thiazole rings is 1. The van der Waals surface area contributed by atoms with E-state index in [1.165, 1.54) is 47.3 Å². The number of fused-ring (bicyclic) bond motifs is 1. The van der Waals surface area contributed by atoms with Crippen LogP contribution >= 0.6 is 23.1 Å². The number of nitrogens with one attached hydrogen (secondary N) is 1. The van der Waals surface area contributed by atoms with Gasteiger partial charge in [0.05, 0.1) is 11.4 Å². The van der Waals surface area contributed by atoms with Crippen LogP contribution in [0.25, 0.3) is 11.3 Å². The Morgan fingerprint density at radius 3 is 2.74 bits per heavy atom. The van der Waals surface area contributed by atoms with Gasteiger partial charge in [0.25, 0.3) is 0 Å². The third-order valence-corrected chi connectivity index (χ3v) is 6.50. The van der Waals surface area contributed by atoms with Gasteiger partial charge in [-0.15, -0.1) is 23.1 Å². The minimum absolute atomic E-state index is 0.00210. The molecular formula is C22H22N2OS2. The molecule has 0 saturated heterocycles. The predicted octanol–water partition coefficient (Wildman–Crippen LogP) is 5.56. The van der Waals surface area contributed by atoms with Crippen molar-refractivity contribution in [1.29, 1.82) is 0 Å². The van der Waals surface area contributed by atoms with Gasteiger partial charge < -0.3 is 5.32 Å². The van der Waals surface area contributed by atoms with Crippen LogP contribution in [0.4, 0.5) is 5.13 Å². The Morgan fingerprint density at radius 2 is 1.89 bits per heavy atom. The number of amides is 1. The van der Waals surface area contributed by atoms with Crippen molar-refractivity contribution in [2.24, 2.45) is 0 Å². The second kappa shape index (κ2) is 8.72. The summed E-state index contributed by atoms with van der Waals surface area (Å²) in [5.74, 6) is 1.28. The van der Waals surface area contributed by atoms with Crippen molar-refractivity contribution in [2.45, 2.75) is 31.4 Å². The largest absolute Gasteiger partial charge is 0.301 e. The summed E-state index contributed by atoms with van der Waals surface area (Å²) in [6, 6.07) is 16.9. The first-order valence-electron chi connectivity index (χ1n) is 9.27. The number of benzene rings is 2. The van der Waals surface area contributed by atoms with Crippen molar-refractivity contribution < 1.29 is 4.79 Å². The molecule has 0 fully saturated rings. The van der Waals surface area contributed by atoms with Crippen LogP contribution in [0.3, 0.4) is 0 Å². The van der Waals surface area contributed by atoms with Gasteiger partial charge in [0.15, 0.2) is 5.13 Å². The minimum Gasteiger partial charge on any atom is -0.301 e. The van der Waals surface area contributed by atoms with Crippen LogP contribution in [0, 0.1) is 0 Å². The monoisotopic (exact) mass is 394 g/mol. The summed E-state index contributed by atoms with van der Waals surface area (Å²) >= 11 is 3.10. The van der Waals surface area contributed by atoms with Gasteiger partial charge in [-0.3, -0.25) is 4.79 Å². The number of thioether (sulfide) groups is 1. The van der Waals surface area contributed by atoms with Crippen molar-refractivity contribution in [2.75, 3.05) is 11.1 Å². The molecular weight excluding hydrogens is 372 g/mol. The van der Waals surface area contributed by atoms with Crippen LogP contribution < -0.4 is 5.32 Å². The molecule has 27 heavy (non-hydrogen) atoms. The Bertz CT molecular complexity index is 921. The van der Waals surface area contributed by atoms with Gasteiger partial charge in [-0.1, -0.05) is 42.5 Å². The zero-order valence-corrected chi connectivity index (χ0v) is 16.7. The molecule has 0 spiro atoms. The van der Waals surface area contributed by atoms with E-state index >= 15 is 0 Å². The molecule has 1 aromatic heterocycles. The Hall–Kier alpha value is -2.11. The molecule has 4 rings (SSSR count). The van der Waals surface area contributed by atoms with E-state index in [9.17, 15) is 4.79 Å². The van der Waals surface area contributed by atoms with Crippen molar-refractivity contribution in [3.8, 4) is 11.3 Å². The molecule has 0 aliphatic heterocycles. The van der Waals surface area contributed by atoms with Gasteiger partial charge in [-0.25, -0.2) is 4.98 Å². The van der Waals surface area contributed by atoms with Crippen LogP contribution in [-0.4, -0.2) is 16.6 Å². The molecule has 1 amide bonds. The first-order chi connectivity index (χ1) is 13.3. The van der Waals surface area contributed by atoms with Gasteiger partial charge >= 0.3 is 0 Å². The molecule has 1 heterocycles. The maximum atomic E-state index is 12.2. The minimum atomic E-state index is 0.00210. The number of carbonyl (C=O) groups is 1. The maximum absolute atomic E-state index is 12.2. The first kappa shape index (κ1) is 18.3. The summed E-state index contributed by atoms with van der Waals surface area (Å²) in [6.45, 7) is 0. The van der Waals surface area contributed by atoms with Crippen molar-refractivity contribution in [1.82, 2.24) is 4.98 Å². The van der Waals surface area contributed by atoms with Crippen molar-refractivity contribution in [3.05, 3.63) is 70.6 Å². The van der Waals surface area contributed by atoms with Crippen LogP contribution in [0.1, 0.15) is 29.5 Å². The van der Waals surface area contributed by atoms with Crippen molar-refractivity contribution in [3.63, 3.8) is 0 Å². The number of hydrogen-bond donors (Lipinski definition) is 1. The molecule has 0 saturated carbocycles. The second-order valence-electron chi connectivity index (χ2n) is 6.76. The fourth-order valence-electron chi connectivity index (χ4n) is 3.35. The van der Waals surface area contributed by atoms with Crippen LogP contribution in [0.5, 0.6) is 0 Å². The number of hydrogen-bond acceptors (Lipinski definition) is 4. The van der Waals surface area contributed by atoms with Crippen molar-refractivity contribution >= 4 is 34.1 Å². The lowest BCUT2D eigenvalue weighted by molar-refractivity contribution is -0.113. The molecule has 2 aromatic carbocycles. The van der Waals surface area contributed by atoms with Crippen LogP contribution in [0.15, 0.2) is 53.9 Å². The molecule has 3 nitrogen and oxygen atoms in total. The highest BCUT2D eigenvalue weighted by Gasteiger charge is 2.12. The quantitative estimate of drug-likeness (QED) is 0.595. The third-order valence-electron chi connectivity index (χ3n) is 4.74. The van der Waals surface area contributed by atoms with E-state index in [1.807, 2.05) is 23.6 Å². The van der Waals surface area contributed by atoms with E-state index < -0.39 is 0 Å². The summed E-state index contributed by atoms with van der Waals surface area (Å²) in [6.07, 6.45) is 4.92. The lowest BCUT2D eigenvalue weighted by Gasteiger charge is -2.16. The number of rotatable bonds is 6. The second-order valence-corrected chi connectivity index (χ2v) is 8.60. The fourth-order valence-corrected chi connectivity index (χ4v) is 4.87. The van der Waals surface area contributed by atoms with E-state index in [0.717, 1.165) is 23.4 Å². The molecule has 138 valence electrons. The molecule has 3 aromatic rings. The molecule has 0 unspecified atom stereocenters. The van der Waals surface area contributed by atoms with E-state index in [4.69, 9.17) is 0 Å². The number of aromatic nitrogens is 1. The molecule has 0 bridgehead atoms. The Morgan fingerprint density at radius 1 is 1.07 bits per heavy atom. The lowest BCUT2D eigenvalue weighted by Crippen LogP contribution is -2.14. The molecule has 5 heteroatoms. The molecule has 1 aliphatic carbocycles. The molecule has 0 radical (unpaired) electrons. The van der Waals surface area contributed by atoms with Gasteiger partial charge in [-0.05, 0) is 48.4 Å². The average molecular weight is 395 g/mol. The summed E-state index contributed by atoms with van der Waals surface area (Å²) < 4.78 is 0. The third kappa shape index (κ3) is 4.79. The summed E-state index contributed by atoms with van der Waals surface area (Å²) in [4.78, 5) is 16.8. The zero-order valence-electron chi connectivity index (χ0n) is 15.1. The van der Waals surface area contributed by atoms with E-state index in [0.29, 0.717) is 10.9 Å². The molecule has 1 N–H and O–H groups in total. The Labute approximate surface area is 168 Å². The highest BCUT2D eigenvalue weighted by atomic mass is 32.2. The van der Waals surface area contributed by atoms with Gasteiger partial charge in [0.1, 0.15) is 0 Å². The molecule has 0 atom stereocenters. The Kier molecular flexibility index (Phi) is 5.90. The smallest absolute Gasteiger partial charge is 0.236 e. The van der Waals surface area contributed by atoms with Crippen LogP contribution in [-0.2, 0) is 23.4 Å². The number of nitrogens with zero attached hydrogens (tertiary/aromatic N) is 1. The summed E-state index contributed by atoms with van der Waals surface area (Å²) in [7, 11) is 0. The average Bonchev–Trinajstić information content (AvgIpc) is 3.17. The van der Waals surface area contributed by atoms with E-state index in [2.05, 4.69) is 40.6 Å². The SMILES string of the molecule is O=C(CSCc1ccccc1)Nc1nc(-c2ccc3c(c2)CCCC3)cs1. The first-order valence-corrected chi connectivity index (χ1v) is 11.3. The lowest BCUT2D eigenvalue weighted by atomic mass is 9.90. The standard InChI is InChI=1S/C22H22N2OS2/c25-21(15-26-13-16-6-2-1-3-7-16)24-22-23-20(14-27-22)19-11-10-17-8-4-5-9-18(17)12-19/h1-3,6-7,10-12,14H,4-5,8-9,13,15H2,(H,23,24,25). The maximum Gasteiger partial charge on any atom is 0.236 e. The highest BCUT2D eigenvalue weighted by molar-refractivity contribution is 7.99. The summed E-state index contributed by atoms with van der Waals surface area (Å²) in [5, 5.41) is 5.63. The normalized spacial score (nSPS) is 13.2. The van der Waals surface area contributed by atoms with E-state index in [1.54, 1.807) is 11.8 Å². The zero-order chi connectivity index (χ0) is 18.5. The van der Waals surface area contributed by atoms with E-state index in [-0.39, 0.29) is 5.91 Å². The Balaban J connectivity index is 1.33. The highest BCUT2D eigenvalue weighted by Crippen LogP contribution is 2.29. The molecule has 1 aliphatic rings. The fraction of sp³-hybridized carbons (Fsp3) is 0.273. The van der Waals surface area contributed by atoms with Gasteiger partial charge in [0, 0.05) is 16.7 Å². The topological polar surface area (TPSA) is 42.0 Å². The number of aryl methyl sites for hydroxylation is 2. The number of anilines is 1. The summed E-state index contributed by atoms with van der Waals surface area (Å²) in [5.41, 5.74) is 6.25. The van der Waals surface area contributed by atoms with Gasteiger partial charge in [-0.2, -0.15) is 0 Å². The van der Waals surface area contributed by atoms with Gasteiger partial charge in [0.2, 0.25) is 5.91 Å².